The molecule has 1 atom stereocenters. The van der Waals surface area contributed by atoms with E-state index in [1.165, 1.54) is 5.56 Å². The second kappa shape index (κ2) is 5.75. The van der Waals surface area contributed by atoms with Gasteiger partial charge in [0, 0.05) is 6.04 Å². The molecule has 0 saturated carbocycles. The van der Waals surface area contributed by atoms with E-state index in [0.717, 1.165) is 17.9 Å². The lowest BCUT2D eigenvalue weighted by atomic mass is 10.1. The number of nitrogens with zero attached hydrogens (tertiary/aromatic N) is 1. The Morgan fingerprint density at radius 1 is 1.19 bits per heavy atom. The van der Waals surface area contributed by atoms with Gasteiger partial charge in [0.05, 0.1) is 14.2 Å². The number of ether oxygens (including phenoxy) is 2. The third-order valence-corrected chi connectivity index (χ3v) is 2.88. The van der Waals surface area contributed by atoms with Crippen LogP contribution in [0.15, 0.2) is 18.2 Å². The van der Waals surface area contributed by atoms with Crippen LogP contribution in [0.5, 0.6) is 11.5 Å². The molecule has 1 aromatic rings. The highest BCUT2D eigenvalue weighted by molar-refractivity contribution is 5.40. The second-order valence-electron chi connectivity index (χ2n) is 4.19. The van der Waals surface area contributed by atoms with Crippen LogP contribution in [0.25, 0.3) is 0 Å². The summed E-state index contributed by atoms with van der Waals surface area (Å²) >= 11 is 0. The molecule has 0 saturated heterocycles. The molecule has 0 aliphatic heterocycles. The minimum Gasteiger partial charge on any atom is -0.497 e. The van der Waals surface area contributed by atoms with Crippen LogP contribution in [0.2, 0.25) is 0 Å². The van der Waals surface area contributed by atoms with Crippen LogP contribution >= 0.6 is 0 Å². The summed E-state index contributed by atoms with van der Waals surface area (Å²) in [6.45, 7) is 2.19. The lowest BCUT2D eigenvalue weighted by Crippen LogP contribution is -2.26. The topological polar surface area (TPSA) is 21.7 Å². The number of hydrogen-bond acceptors (Lipinski definition) is 3. The molecular formula is C13H21NO2. The van der Waals surface area contributed by atoms with Crippen LogP contribution in [-0.2, 0) is 6.42 Å². The molecule has 0 heterocycles. The predicted molar refractivity (Wildman–Crippen MR) is 66.4 cm³/mol. The van der Waals surface area contributed by atoms with E-state index in [2.05, 4.69) is 25.9 Å². The summed E-state index contributed by atoms with van der Waals surface area (Å²) < 4.78 is 10.6. The van der Waals surface area contributed by atoms with Crippen molar-refractivity contribution in [2.24, 2.45) is 0 Å². The van der Waals surface area contributed by atoms with E-state index in [-0.39, 0.29) is 0 Å². The van der Waals surface area contributed by atoms with Crippen molar-refractivity contribution >= 4 is 0 Å². The molecule has 16 heavy (non-hydrogen) atoms. The summed E-state index contributed by atoms with van der Waals surface area (Å²) in [4.78, 5) is 2.19. The Morgan fingerprint density at radius 2 is 1.88 bits per heavy atom. The summed E-state index contributed by atoms with van der Waals surface area (Å²) in [6.07, 6.45) is 0.952. The standard InChI is InChI=1S/C13H21NO2/c1-10(14(2)3)8-11-9-12(15-4)6-7-13(11)16-5/h6-7,9-10H,8H2,1-5H3/t10-/m0/s1. The molecule has 0 aliphatic rings. The minimum absolute atomic E-state index is 0.473. The molecule has 1 aromatic carbocycles. The van der Waals surface area contributed by atoms with Crippen LogP contribution in [-0.4, -0.2) is 39.3 Å². The molecule has 90 valence electrons. The first-order valence-corrected chi connectivity index (χ1v) is 5.45. The van der Waals surface area contributed by atoms with Gasteiger partial charge in [0.15, 0.2) is 0 Å². The highest BCUT2D eigenvalue weighted by atomic mass is 16.5. The van der Waals surface area contributed by atoms with Gasteiger partial charge in [-0.2, -0.15) is 0 Å². The van der Waals surface area contributed by atoms with Crippen molar-refractivity contribution in [2.75, 3.05) is 28.3 Å². The van der Waals surface area contributed by atoms with E-state index in [1.54, 1.807) is 14.2 Å². The molecule has 3 heteroatoms. The van der Waals surface area contributed by atoms with Crippen LogP contribution in [0, 0.1) is 0 Å². The van der Waals surface area contributed by atoms with Crippen LogP contribution in [0.1, 0.15) is 12.5 Å². The molecule has 3 nitrogen and oxygen atoms in total. The third-order valence-electron chi connectivity index (χ3n) is 2.88. The Hall–Kier alpha value is -1.22. The lowest BCUT2D eigenvalue weighted by molar-refractivity contribution is 0.308. The van der Waals surface area contributed by atoms with E-state index >= 15 is 0 Å². The maximum absolute atomic E-state index is 5.35. The predicted octanol–water partition coefficient (Wildman–Crippen LogP) is 2.20. The summed E-state index contributed by atoms with van der Waals surface area (Å²) in [7, 11) is 7.54. The van der Waals surface area contributed by atoms with E-state index < -0.39 is 0 Å². The fraction of sp³-hybridized carbons (Fsp3) is 0.538. The van der Waals surface area contributed by atoms with E-state index in [1.807, 2.05) is 18.2 Å². The second-order valence-corrected chi connectivity index (χ2v) is 4.19. The van der Waals surface area contributed by atoms with Crippen molar-refractivity contribution in [3.8, 4) is 11.5 Å². The van der Waals surface area contributed by atoms with Gasteiger partial charge in [-0.1, -0.05) is 0 Å². The Bertz CT molecular complexity index is 337. The quantitative estimate of drug-likeness (QED) is 0.764. The van der Waals surface area contributed by atoms with Crippen LogP contribution in [0.3, 0.4) is 0 Å². The molecule has 0 aliphatic carbocycles. The summed E-state index contributed by atoms with van der Waals surface area (Å²) in [6, 6.07) is 6.39. The van der Waals surface area contributed by atoms with E-state index in [0.29, 0.717) is 6.04 Å². The molecule has 0 fully saturated rings. The maximum atomic E-state index is 5.35. The third kappa shape index (κ3) is 3.14. The fourth-order valence-corrected chi connectivity index (χ4v) is 1.54. The molecule has 0 amide bonds. The van der Waals surface area contributed by atoms with Gasteiger partial charge >= 0.3 is 0 Å². The largest absolute Gasteiger partial charge is 0.497 e. The van der Waals surface area contributed by atoms with Gasteiger partial charge in [-0.15, -0.1) is 0 Å². The smallest absolute Gasteiger partial charge is 0.122 e. The zero-order chi connectivity index (χ0) is 12.1. The zero-order valence-corrected chi connectivity index (χ0v) is 10.8. The number of likely N-dealkylation sites (N-methyl/N-ethyl adjacent to an activating group) is 1. The molecule has 0 N–H and O–H groups in total. The zero-order valence-electron chi connectivity index (χ0n) is 10.8. The van der Waals surface area contributed by atoms with Gasteiger partial charge in [0.1, 0.15) is 11.5 Å². The van der Waals surface area contributed by atoms with Gasteiger partial charge in [0.2, 0.25) is 0 Å². The molecule has 0 radical (unpaired) electrons. The van der Waals surface area contributed by atoms with Crippen molar-refractivity contribution in [3.63, 3.8) is 0 Å². The summed E-state index contributed by atoms with van der Waals surface area (Å²) in [5.74, 6) is 1.80. The summed E-state index contributed by atoms with van der Waals surface area (Å²) in [5.41, 5.74) is 1.18. The molecule has 0 aromatic heterocycles. The molecule has 0 bridgehead atoms. The molecule has 0 spiro atoms. The highest BCUT2D eigenvalue weighted by Crippen LogP contribution is 2.25. The van der Waals surface area contributed by atoms with E-state index in [4.69, 9.17) is 9.47 Å². The maximum Gasteiger partial charge on any atom is 0.122 e. The number of rotatable bonds is 5. The van der Waals surface area contributed by atoms with Crippen molar-refractivity contribution in [1.82, 2.24) is 4.90 Å². The average Bonchev–Trinajstić information content (AvgIpc) is 2.28. The van der Waals surface area contributed by atoms with Crippen molar-refractivity contribution in [3.05, 3.63) is 23.8 Å². The van der Waals surface area contributed by atoms with Gasteiger partial charge in [0.25, 0.3) is 0 Å². The van der Waals surface area contributed by atoms with Crippen LogP contribution in [0.4, 0.5) is 0 Å². The molecular weight excluding hydrogens is 202 g/mol. The Morgan fingerprint density at radius 3 is 2.38 bits per heavy atom. The first-order chi connectivity index (χ1) is 7.58. The average molecular weight is 223 g/mol. The lowest BCUT2D eigenvalue weighted by Gasteiger charge is -2.21. The minimum atomic E-state index is 0.473. The summed E-state index contributed by atoms with van der Waals surface area (Å²) in [5, 5.41) is 0. The monoisotopic (exact) mass is 223 g/mol. The van der Waals surface area contributed by atoms with Gasteiger partial charge in [-0.05, 0) is 51.2 Å². The van der Waals surface area contributed by atoms with Gasteiger partial charge in [-0.25, -0.2) is 0 Å². The van der Waals surface area contributed by atoms with Crippen LogP contribution < -0.4 is 9.47 Å². The normalized spacial score (nSPS) is 12.6. The van der Waals surface area contributed by atoms with Crippen molar-refractivity contribution < 1.29 is 9.47 Å². The van der Waals surface area contributed by atoms with E-state index in [9.17, 15) is 0 Å². The Balaban J connectivity index is 2.91. The van der Waals surface area contributed by atoms with Gasteiger partial charge in [-0.3, -0.25) is 0 Å². The highest BCUT2D eigenvalue weighted by Gasteiger charge is 2.11. The first kappa shape index (κ1) is 12.8. The Kier molecular flexibility index (Phi) is 4.62. The number of hydrogen-bond donors (Lipinski definition) is 0. The SMILES string of the molecule is COc1ccc(OC)c(C[C@H](C)N(C)C)c1. The van der Waals surface area contributed by atoms with Crippen molar-refractivity contribution in [1.29, 1.82) is 0 Å². The fourth-order valence-electron chi connectivity index (χ4n) is 1.54. The van der Waals surface area contributed by atoms with Gasteiger partial charge < -0.3 is 14.4 Å². The molecule has 0 unspecified atom stereocenters. The number of benzene rings is 1. The number of methoxy groups -OCH3 is 2. The first-order valence-electron chi connectivity index (χ1n) is 5.45. The Labute approximate surface area is 98.0 Å². The van der Waals surface area contributed by atoms with Crippen molar-refractivity contribution in [2.45, 2.75) is 19.4 Å². The molecule has 1 rings (SSSR count).